The summed E-state index contributed by atoms with van der Waals surface area (Å²) < 4.78 is 4.96. The molecule has 3 aromatic rings. The number of nitrogens with zero attached hydrogens (tertiary/aromatic N) is 2. The Bertz CT molecular complexity index is 980. The van der Waals surface area contributed by atoms with E-state index in [0.29, 0.717) is 39.6 Å². The molecule has 4 N–H and O–H groups in total. The topological polar surface area (TPSA) is 121 Å². The number of nitrogens with two attached hydrogens (primary N) is 2. The van der Waals surface area contributed by atoms with Crippen molar-refractivity contribution in [2.24, 2.45) is 5.73 Å². The van der Waals surface area contributed by atoms with Gasteiger partial charge in [0.05, 0.1) is 28.9 Å². The second-order valence-corrected chi connectivity index (χ2v) is 6.32. The number of ether oxygens (including phenoxy) is 1. The zero-order chi connectivity index (χ0) is 18.1. The summed E-state index contributed by atoms with van der Waals surface area (Å²) in [6, 6.07) is 6.82. The van der Waals surface area contributed by atoms with Gasteiger partial charge in [-0.1, -0.05) is 12.1 Å². The Morgan fingerprint density at radius 2 is 1.88 bits per heavy atom. The summed E-state index contributed by atoms with van der Waals surface area (Å²) in [5.74, 6) is -0.475. The molecule has 0 aliphatic rings. The van der Waals surface area contributed by atoms with Gasteiger partial charge in [-0.15, -0.1) is 11.3 Å². The molecule has 0 saturated heterocycles. The van der Waals surface area contributed by atoms with E-state index < -0.39 is 5.91 Å². The number of esters is 1. The van der Waals surface area contributed by atoms with Gasteiger partial charge >= 0.3 is 5.97 Å². The number of primary amides is 1. The number of benzene rings is 1. The summed E-state index contributed by atoms with van der Waals surface area (Å²) in [6.07, 6.45) is 0. The van der Waals surface area contributed by atoms with Crippen LogP contribution < -0.4 is 11.5 Å². The lowest BCUT2D eigenvalue weighted by Crippen LogP contribution is -2.10. The molecule has 7 nitrogen and oxygen atoms in total. The second kappa shape index (κ2) is 6.48. The third kappa shape index (κ3) is 3.03. The molecule has 0 saturated carbocycles. The van der Waals surface area contributed by atoms with Gasteiger partial charge in [-0.25, -0.2) is 14.8 Å². The molecule has 0 spiro atoms. The molecule has 1 aromatic carbocycles. The van der Waals surface area contributed by atoms with Gasteiger partial charge < -0.3 is 16.2 Å². The molecule has 0 radical (unpaired) electrons. The van der Waals surface area contributed by atoms with Gasteiger partial charge in [-0.05, 0) is 26.0 Å². The first kappa shape index (κ1) is 16.8. The highest BCUT2D eigenvalue weighted by Gasteiger charge is 2.18. The highest BCUT2D eigenvalue weighted by Crippen LogP contribution is 2.35. The zero-order valence-corrected chi connectivity index (χ0v) is 14.5. The summed E-state index contributed by atoms with van der Waals surface area (Å²) in [4.78, 5) is 33.0. The Balaban J connectivity index is 2.04. The molecular weight excluding hydrogens is 340 g/mol. The van der Waals surface area contributed by atoms with Gasteiger partial charge in [0.1, 0.15) is 9.71 Å². The standard InChI is InChI=1S/C17H16N4O3S/c1-3-24-17(23)10-6-4-9(5-7-10)15-20-8(2)11-12(18)13(14(19)22)25-16(11)21-15/h4-7H,3,18H2,1-2H3,(H2,19,22). The van der Waals surface area contributed by atoms with Crippen LogP contribution in [0.4, 0.5) is 5.69 Å². The molecule has 2 heterocycles. The van der Waals surface area contributed by atoms with E-state index in [9.17, 15) is 9.59 Å². The minimum atomic E-state index is -0.583. The maximum atomic E-state index is 11.7. The number of anilines is 1. The molecule has 1 amide bonds. The minimum absolute atomic E-state index is 0.280. The highest BCUT2D eigenvalue weighted by atomic mass is 32.1. The number of aryl methyl sites for hydroxylation is 1. The predicted octanol–water partition coefficient (Wildman–Crippen LogP) is 2.52. The molecule has 0 bridgehead atoms. The predicted molar refractivity (Wildman–Crippen MR) is 96.5 cm³/mol. The fraction of sp³-hybridized carbons (Fsp3) is 0.176. The van der Waals surface area contributed by atoms with E-state index in [2.05, 4.69) is 9.97 Å². The third-order valence-corrected chi connectivity index (χ3v) is 4.76. The van der Waals surface area contributed by atoms with Gasteiger partial charge in [0.2, 0.25) is 0 Å². The van der Waals surface area contributed by atoms with Crippen LogP contribution in [0.1, 0.15) is 32.6 Å². The van der Waals surface area contributed by atoms with Gasteiger partial charge in [0, 0.05) is 5.56 Å². The maximum Gasteiger partial charge on any atom is 0.338 e. The molecule has 128 valence electrons. The number of thiophene rings is 1. The molecule has 0 atom stereocenters. The van der Waals surface area contributed by atoms with Gasteiger partial charge in [-0.3, -0.25) is 4.79 Å². The number of rotatable bonds is 4. The van der Waals surface area contributed by atoms with Crippen molar-refractivity contribution in [2.45, 2.75) is 13.8 Å². The van der Waals surface area contributed by atoms with E-state index in [0.717, 1.165) is 16.9 Å². The normalized spacial score (nSPS) is 10.8. The average Bonchev–Trinajstić information content (AvgIpc) is 2.93. The molecule has 25 heavy (non-hydrogen) atoms. The Morgan fingerprint density at radius 3 is 2.48 bits per heavy atom. The Hall–Kier alpha value is -3.00. The first-order valence-corrected chi connectivity index (χ1v) is 8.38. The lowest BCUT2D eigenvalue weighted by atomic mass is 10.1. The fourth-order valence-electron chi connectivity index (χ4n) is 2.48. The van der Waals surface area contributed by atoms with E-state index in [1.54, 1.807) is 38.1 Å². The summed E-state index contributed by atoms with van der Waals surface area (Å²) in [7, 11) is 0. The van der Waals surface area contributed by atoms with Crippen molar-refractivity contribution >= 4 is 39.1 Å². The van der Waals surface area contributed by atoms with Crippen LogP contribution >= 0.6 is 11.3 Å². The van der Waals surface area contributed by atoms with Gasteiger partial charge in [-0.2, -0.15) is 0 Å². The Kier molecular flexibility index (Phi) is 4.37. The van der Waals surface area contributed by atoms with Crippen molar-refractivity contribution in [3.63, 3.8) is 0 Å². The van der Waals surface area contributed by atoms with E-state index in [-0.39, 0.29) is 10.8 Å². The number of hydrogen-bond donors (Lipinski definition) is 2. The molecule has 0 unspecified atom stereocenters. The third-order valence-electron chi connectivity index (χ3n) is 3.65. The van der Waals surface area contributed by atoms with Crippen LogP contribution in [0.15, 0.2) is 24.3 Å². The zero-order valence-electron chi connectivity index (χ0n) is 13.7. The van der Waals surface area contributed by atoms with E-state index in [4.69, 9.17) is 16.2 Å². The van der Waals surface area contributed by atoms with Gasteiger partial charge in [0.15, 0.2) is 5.82 Å². The first-order chi connectivity index (χ1) is 11.9. The number of carbonyl (C=O) groups is 2. The van der Waals surface area contributed by atoms with E-state index in [1.807, 2.05) is 0 Å². The average molecular weight is 356 g/mol. The molecule has 0 aliphatic heterocycles. The van der Waals surface area contributed by atoms with Crippen molar-refractivity contribution in [1.82, 2.24) is 9.97 Å². The van der Waals surface area contributed by atoms with Crippen LogP contribution in [-0.4, -0.2) is 28.5 Å². The summed E-state index contributed by atoms with van der Waals surface area (Å²) >= 11 is 1.14. The quantitative estimate of drug-likeness (QED) is 0.693. The first-order valence-electron chi connectivity index (χ1n) is 7.56. The number of nitrogen functional groups attached to an aromatic ring is 1. The number of hydrogen-bond acceptors (Lipinski definition) is 7. The fourth-order valence-corrected chi connectivity index (χ4v) is 3.48. The van der Waals surface area contributed by atoms with Gasteiger partial charge in [0.25, 0.3) is 5.91 Å². The summed E-state index contributed by atoms with van der Waals surface area (Å²) in [6.45, 7) is 3.88. The number of aromatic nitrogens is 2. The minimum Gasteiger partial charge on any atom is -0.462 e. The van der Waals surface area contributed by atoms with E-state index in [1.165, 1.54) is 0 Å². The van der Waals surface area contributed by atoms with Crippen LogP contribution in [0.5, 0.6) is 0 Å². The lowest BCUT2D eigenvalue weighted by Gasteiger charge is -2.05. The van der Waals surface area contributed by atoms with Crippen molar-refractivity contribution in [3.05, 3.63) is 40.4 Å². The Morgan fingerprint density at radius 1 is 1.20 bits per heavy atom. The molecule has 3 rings (SSSR count). The monoisotopic (exact) mass is 356 g/mol. The maximum absolute atomic E-state index is 11.7. The van der Waals surface area contributed by atoms with Crippen LogP contribution in [-0.2, 0) is 4.74 Å². The smallest absolute Gasteiger partial charge is 0.338 e. The van der Waals surface area contributed by atoms with Crippen molar-refractivity contribution in [1.29, 1.82) is 0 Å². The van der Waals surface area contributed by atoms with Crippen LogP contribution in [0.2, 0.25) is 0 Å². The number of fused-ring (bicyclic) bond motifs is 1. The SMILES string of the molecule is CCOC(=O)c1ccc(-c2nc(C)c3c(N)c(C(N)=O)sc3n2)cc1. The van der Waals surface area contributed by atoms with Crippen molar-refractivity contribution in [2.75, 3.05) is 12.3 Å². The molecular formula is C17H16N4O3S. The van der Waals surface area contributed by atoms with Crippen molar-refractivity contribution in [3.8, 4) is 11.4 Å². The second-order valence-electron chi connectivity index (χ2n) is 5.32. The van der Waals surface area contributed by atoms with E-state index >= 15 is 0 Å². The van der Waals surface area contributed by atoms with Crippen LogP contribution in [0.3, 0.4) is 0 Å². The molecule has 0 fully saturated rings. The number of carbonyl (C=O) groups excluding carboxylic acids is 2. The number of amides is 1. The van der Waals surface area contributed by atoms with Crippen LogP contribution in [0.25, 0.3) is 21.6 Å². The lowest BCUT2D eigenvalue weighted by molar-refractivity contribution is 0.0526. The summed E-state index contributed by atoms with van der Waals surface area (Å²) in [5.41, 5.74) is 13.5. The van der Waals surface area contributed by atoms with Crippen LogP contribution in [0, 0.1) is 6.92 Å². The molecule has 0 aliphatic carbocycles. The Labute approximate surface area is 147 Å². The molecule has 2 aromatic heterocycles. The summed E-state index contributed by atoms with van der Waals surface area (Å²) in [5, 5.41) is 0.644. The highest BCUT2D eigenvalue weighted by molar-refractivity contribution is 7.21. The largest absolute Gasteiger partial charge is 0.462 e. The molecule has 8 heteroatoms. The van der Waals surface area contributed by atoms with Crippen molar-refractivity contribution < 1.29 is 14.3 Å².